The van der Waals surface area contributed by atoms with Crippen LogP contribution in [0.5, 0.6) is 0 Å². The zero-order valence-electron chi connectivity index (χ0n) is 16.2. The molecule has 140 valence electrons. The van der Waals surface area contributed by atoms with Gasteiger partial charge in [-0.05, 0) is 32.1 Å². The topological polar surface area (TPSA) is 4.44 Å². The Morgan fingerprint density at radius 2 is 1.30 bits per heavy atom. The minimum absolute atomic E-state index is 0. The van der Waals surface area contributed by atoms with Crippen molar-refractivity contribution in [1.82, 2.24) is 0 Å². The number of hydrogen-bond donors (Lipinski definition) is 1. The lowest BCUT2D eigenvalue weighted by molar-refractivity contribution is -0.909. The van der Waals surface area contributed by atoms with Crippen molar-refractivity contribution in [1.29, 1.82) is 0 Å². The maximum Gasteiger partial charge on any atom is 0.0799 e. The summed E-state index contributed by atoms with van der Waals surface area (Å²) in [6, 6.07) is 0. The Balaban J connectivity index is 0.00000484. The van der Waals surface area contributed by atoms with Crippen LogP contribution < -0.4 is 17.3 Å². The second-order valence-electron chi connectivity index (χ2n) is 7.79. The third kappa shape index (κ3) is 13.2. The molecule has 0 saturated carbocycles. The van der Waals surface area contributed by atoms with E-state index in [2.05, 4.69) is 13.8 Å². The van der Waals surface area contributed by atoms with Crippen LogP contribution >= 0.6 is 0 Å². The van der Waals surface area contributed by atoms with Gasteiger partial charge in [-0.15, -0.1) is 0 Å². The van der Waals surface area contributed by atoms with E-state index in [9.17, 15) is 0 Å². The van der Waals surface area contributed by atoms with E-state index in [0.29, 0.717) is 0 Å². The van der Waals surface area contributed by atoms with Crippen molar-refractivity contribution in [3.63, 3.8) is 0 Å². The molecular weight excluding hydrogens is 302 g/mol. The fourth-order valence-corrected chi connectivity index (χ4v) is 4.10. The predicted octanol–water partition coefficient (Wildman–Crippen LogP) is 2.40. The van der Waals surface area contributed by atoms with Gasteiger partial charge in [-0.3, -0.25) is 0 Å². The van der Waals surface area contributed by atoms with Crippen molar-refractivity contribution < 1.29 is 17.3 Å². The van der Waals surface area contributed by atoms with Gasteiger partial charge in [0.15, 0.2) is 0 Å². The van der Waals surface area contributed by atoms with E-state index in [1.807, 2.05) is 4.90 Å². The lowest BCUT2D eigenvalue weighted by Gasteiger charge is -2.30. The Morgan fingerprint density at radius 1 is 0.739 bits per heavy atom. The summed E-state index contributed by atoms with van der Waals surface area (Å²) in [6.07, 6.45) is 22.0. The van der Waals surface area contributed by atoms with Crippen LogP contribution in [0.4, 0.5) is 0 Å². The van der Waals surface area contributed by atoms with Crippen LogP contribution in [0.15, 0.2) is 0 Å². The van der Waals surface area contributed by atoms with Crippen LogP contribution in [-0.4, -0.2) is 19.6 Å². The van der Waals surface area contributed by atoms with Gasteiger partial charge in [-0.25, -0.2) is 0 Å². The highest BCUT2D eigenvalue weighted by molar-refractivity contribution is 4.62. The largest absolute Gasteiger partial charge is 1.00 e. The highest BCUT2D eigenvalue weighted by Crippen LogP contribution is 2.17. The third-order valence-corrected chi connectivity index (χ3v) is 5.57. The van der Waals surface area contributed by atoms with Gasteiger partial charge in [0.2, 0.25) is 0 Å². The first kappa shape index (κ1) is 23.2. The van der Waals surface area contributed by atoms with Crippen LogP contribution in [0.2, 0.25) is 0 Å². The average molecular weight is 346 g/mol. The normalized spacial score (nSPS) is 21.1. The number of quaternary nitrogens is 1. The van der Waals surface area contributed by atoms with Gasteiger partial charge in [0, 0.05) is 5.92 Å². The molecule has 1 rings (SSSR count). The summed E-state index contributed by atoms with van der Waals surface area (Å²) in [5.41, 5.74) is 0. The SMILES string of the molecule is CCCCCCCCC1CCC[NH+](CCCCCCCC)C1.[Cl-]. The first-order chi connectivity index (χ1) is 10.9. The highest BCUT2D eigenvalue weighted by atomic mass is 35.5. The molecule has 1 N–H and O–H groups in total. The quantitative estimate of drug-likeness (QED) is 0.461. The van der Waals surface area contributed by atoms with Crippen molar-refractivity contribution in [2.75, 3.05) is 19.6 Å². The maximum absolute atomic E-state index is 2.31. The molecule has 0 amide bonds. The van der Waals surface area contributed by atoms with E-state index in [0.717, 1.165) is 5.92 Å². The summed E-state index contributed by atoms with van der Waals surface area (Å²) in [5.74, 6) is 1.05. The van der Waals surface area contributed by atoms with Crippen LogP contribution in [0.25, 0.3) is 0 Å². The molecule has 0 radical (unpaired) electrons. The monoisotopic (exact) mass is 345 g/mol. The van der Waals surface area contributed by atoms with Gasteiger partial charge in [0.25, 0.3) is 0 Å². The van der Waals surface area contributed by atoms with Crippen LogP contribution in [0.1, 0.15) is 110 Å². The van der Waals surface area contributed by atoms with Gasteiger partial charge in [0.05, 0.1) is 19.6 Å². The lowest BCUT2D eigenvalue weighted by atomic mass is 9.92. The number of nitrogens with one attached hydrogen (secondary N) is 1. The Kier molecular flexibility index (Phi) is 17.3. The highest BCUT2D eigenvalue weighted by Gasteiger charge is 2.21. The Morgan fingerprint density at radius 3 is 1.96 bits per heavy atom. The summed E-state index contributed by atoms with van der Waals surface area (Å²) in [7, 11) is 0. The summed E-state index contributed by atoms with van der Waals surface area (Å²) in [6.45, 7) is 9.02. The van der Waals surface area contributed by atoms with Crippen LogP contribution in [-0.2, 0) is 0 Å². The van der Waals surface area contributed by atoms with Crippen molar-refractivity contribution in [3.8, 4) is 0 Å². The van der Waals surface area contributed by atoms with Gasteiger partial charge in [-0.1, -0.05) is 78.1 Å². The van der Waals surface area contributed by atoms with Crippen molar-refractivity contribution >= 4 is 0 Å². The van der Waals surface area contributed by atoms with Gasteiger partial charge in [0.1, 0.15) is 0 Å². The molecule has 1 aliphatic heterocycles. The summed E-state index contributed by atoms with van der Waals surface area (Å²) in [5, 5.41) is 0. The van der Waals surface area contributed by atoms with Crippen LogP contribution in [0, 0.1) is 5.92 Å². The Hall–Kier alpha value is 0.250. The van der Waals surface area contributed by atoms with Gasteiger partial charge >= 0.3 is 0 Å². The summed E-state index contributed by atoms with van der Waals surface area (Å²) < 4.78 is 0. The van der Waals surface area contributed by atoms with E-state index in [1.54, 1.807) is 0 Å². The maximum atomic E-state index is 2.31. The molecule has 1 heterocycles. The fourth-order valence-electron chi connectivity index (χ4n) is 4.10. The minimum atomic E-state index is 0. The zero-order chi connectivity index (χ0) is 15.9. The molecular formula is C21H44ClN. The van der Waals surface area contributed by atoms with E-state index in [4.69, 9.17) is 0 Å². The van der Waals surface area contributed by atoms with E-state index >= 15 is 0 Å². The number of likely N-dealkylation sites (tertiary alicyclic amines) is 1. The number of rotatable bonds is 14. The molecule has 0 aliphatic carbocycles. The molecule has 0 aromatic heterocycles. The van der Waals surface area contributed by atoms with Crippen molar-refractivity contribution in [2.24, 2.45) is 5.92 Å². The minimum Gasteiger partial charge on any atom is -1.00 e. The predicted molar refractivity (Wildman–Crippen MR) is 99.7 cm³/mol. The molecule has 0 spiro atoms. The fraction of sp³-hybridized carbons (Fsp3) is 1.00. The summed E-state index contributed by atoms with van der Waals surface area (Å²) >= 11 is 0. The smallest absolute Gasteiger partial charge is 0.0799 e. The standard InChI is InChI=1S/C21H43N.ClH/c1-3-5-7-9-11-13-16-21-17-15-19-22(20-21)18-14-12-10-8-6-4-2;/h21H,3-20H2,1-2H3;1H. The Labute approximate surface area is 153 Å². The molecule has 1 nitrogen and oxygen atoms in total. The number of unbranched alkanes of at least 4 members (excludes halogenated alkanes) is 10. The number of piperidine rings is 1. The molecule has 0 aromatic rings. The molecule has 1 saturated heterocycles. The molecule has 23 heavy (non-hydrogen) atoms. The molecule has 0 bridgehead atoms. The number of hydrogen-bond acceptors (Lipinski definition) is 0. The first-order valence-electron chi connectivity index (χ1n) is 10.7. The third-order valence-electron chi connectivity index (χ3n) is 5.57. The second-order valence-corrected chi connectivity index (χ2v) is 7.79. The van der Waals surface area contributed by atoms with Crippen molar-refractivity contribution in [3.05, 3.63) is 0 Å². The van der Waals surface area contributed by atoms with E-state index in [1.165, 1.54) is 116 Å². The van der Waals surface area contributed by atoms with Gasteiger partial charge < -0.3 is 17.3 Å². The van der Waals surface area contributed by atoms with Gasteiger partial charge in [-0.2, -0.15) is 0 Å². The summed E-state index contributed by atoms with van der Waals surface area (Å²) in [4.78, 5) is 1.93. The van der Waals surface area contributed by atoms with E-state index in [-0.39, 0.29) is 12.4 Å². The molecule has 2 atom stereocenters. The zero-order valence-corrected chi connectivity index (χ0v) is 16.9. The van der Waals surface area contributed by atoms with Crippen molar-refractivity contribution in [2.45, 2.75) is 110 Å². The second kappa shape index (κ2) is 17.1. The van der Waals surface area contributed by atoms with Crippen LogP contribution in [0.3, 0.4) is 0 Å². The lowest BCUT2D eigenvalue weighted by Crippen LogP contribution is -3.13. The average Bonchev–Trinajstić information content (AvgIpc) is 2.54. The molecule has 1 aliphatic rings. The first-order valence-corrected chi connectivity index (χ1v) is 10.7. The molecule has 2 heteroatoms. The number of halogens is 1. The molecule has 0 aromatic carbocycles. The van der Waals surface area contributed by atoms with E-state index < -0.39 is 0 Å². The molecule has 1 fully saturated rings. The molecule has 2 unspecified atom stereocenters. The Bertz CT molecular complexity index is 210.